The monoisotopic (exact) mass is 498 g/mol. The summed E-state index contributed by atoms with van der Waals surface area (Å²) in [6, 6.07) is 12.2. The van der Waals surface area contributed by atoms with E-state index in [1.165, 1.54) is 0 Å². The molecule has 2 aromatic rings. The summed E-state index contributed by atoms with van der Waals surface area (Å²) < 4.78 is 0.951. The number of hydrogen-bond donors (Lipinski definition) is 1. The van der Waals surface area contributed by atoms with Crippen LogP contribution in [0.5, 0.6) is 0 Å². The van der Waals surface area contributed by atoms with Crippen LogP contribution in [-0.4, -0.2) is 29.3 Å². The first-order valence-electron chi connectivity index (χ1n) is 9.58. The number of carbonyl (C=O) groups excluding carboxylic acids is 2. The molecule has 0 aliphatic carbocycles. The van der Waals surface area contributed by atoms with E-state index in [1.807, 2.05) is 24.3 Å². The summed E-state index contributed by atoms with van der Waals surface area (Å²) in [4.78, 5) is 27.4. The van der Waals surface area contributed by atoms with Crippen LogP contribution in [0.15, 0.2) is 46.9 Å². The third-order valence-electron chi connectivity index (χ3n) is 4.65. The molecule has 0 saturated heterocycles. The van der Waals surface area contributed by atoms with Gasteiger partial charge in [0.2, 0.25) is 11.8 Å². The minimum Gasteiger partial charge on any atom is -0.354 e. The van der Waals surface area contributed by atoms with Gasteiger partial charge in [0.25, 0.3) is 0 Å². The fourth-order valence-electron chi connectivity index (χ4n) is 2.86. The minimum absolute atomic E-state index is 0.0294. The van der Waals surface area contributed by atoms with Crippen LogP contribution in [-0.2, 0) is 22.6 Å². The van der Waals surface area contributed by atoms with Crippen LogP contribution in [0.4, 0.5) is 0 Å². The highest BCUT2D eigenvalue weighted by atomic mass is 79.9. The number of hydrogen-bond acceptors (Lipinski definition) is 2. The van der Waals surface area contributed by atoms with Crippen LogP contribution in [0, 0.1) is 0 Å². The number of unbranched alkanes of at least 4 members (excludes halogenated alkanes) is 1. The SMILES string of the molecule is CCCCNC(=O)[C@@H](C)N(Cc1ccc(Br)cc1)C(=O)Cc1c(Cl)cccc1Cl. The summed E-state index contributed by atoms with van der Waals surface area (Å²) in [6.45, 7) is 4.71. The Kier molecular flexibility index (Phi) is 9.47. The second-order valence-corrected chi connectivity index (χ2v) is 8.58. The number of nitrogens with one attached hydrogen (secondary N) is 1. The predicted molar refractivity (Wildman–Crippen MR) is 122 cm³/mol. The number of nitrogens with zero attached hydrogens (tertiary/aromatic N) is 1. The van der Waals surface area contributed by atoms with Gasteiger partial charge in [0, 0.05) is 27.6 Å². The minimum atomic E-state index is -0.621. The summed E-state index contributed by atoms with van der Waals surface area (Å²) in [7, 11) is 0. The molecule has 0 spiro atoms. The molecule has 156 valence electrons. The molecule has 0 aromatic heterocycles. The highest BCUT2D eigenvalue weighted by Crippen LogP contribution is 2.26. The van der Waals surface area contributed by atoms with Gasteiger partial charge >= 0.3 is 0 Å². The van der Waals surface area contributed by atoms with Crippen molar-refractivity contribution >= 4 is 50.9 Å². The lowest BCUT2D eigenvalue weighted by Crippen LogP contribution is -2.48. The van der Waals surface area contributed by atoms with Crippen molar-refractivity contribution in [1.29, 1.82) is 0 Å². The number of rotatable bonds is 9. The molecule has 1 atom stereocenters. The Labute approximate surface area is 190 Å². The normalized spacial score (nSPS) is 11.8. The molecule has 7 heteroatoms. The summed E-state index contributed by atoms with van der Waals surface area (Å²) >= 11 is 15.9. The molecule has 0 bridgehead atoms. The van der Waals surface area contributed by atoms with E-state index in [1.54, 1.807) is 30.0 Å². The average Bonchev–Trinajstić information content (AvgIpc) is 2.70. The molecule has 0 aliphatic rings. The number of carbonyl (C=O) groups is 2. The zero-order chi connectivity index (χ0) is 21.4. The lowest BCUT2D eigenvalue weighted by molar-refractivity contribution is -0.140. The van der Waals surface area contributed by atoms with Crippen molar-refractivity contribution in [1.82, 2.24) is 10.2 Å². The van der Waals surface area contributed by atoms with Crippen molar-refractivity contribution in [2.24, 2.45) is 0 Å². The van der Waals surface area contributed by atoms with Gasteiger partial charge in [0.15, 0.2) is 0 Å². The first-order chi connectivity index (χ1) is 13.8. The van der Waals surface area contributed by atoms with E-state index in [-0.39, 0.29) is 18.2 Å². The Balaban J connectivity index is 2.23. The van der Waals surface area contributed by atoms with E-state index in [0.29, 0.717) is 28.7 Å². The topological polar surface area (TPSA) is 49.4 Å². The highest BCUT2D eigenvalue weighted by Gasteiger charge is 2.27. The van der Waals surface area contributed by atoms with E-state index in [0.717, 1.165) is 22.9 Å². The summed E-state index contributed by atoms with van der Waals surface area (Å²) in [5.41, 5.74) is 1.50. The zero-order valence-corrected chi connectivity index (χ0v) is 19.6. The molecule has 29 heavy (non-hydrogen) atoms. The van der Waals surface area contributed by atoms with Crippen molar-refractivity contribution in [3.63, 3.8) is 0 Å². The van der Waals surface area contributed by atoms with Gasteiger partial charge in [0.05, 0.1) is 6.42 Å². The van der Waals surface area contributed by atoms with Crippen LogP contribution in [0.2, 0.25) is 10.0 Å². The molecule has 0 radical (unpaired) electrons. The quantitative estimate of drug-likeness (QED) is 0.454. The fraction of sp³-hybridized carbons (Fsp3) is 0.364. The van der Waals surface area contributed by atoms with Crippen LogP contribution in [0.25, 0.3) is 0 Å². The van der Waals surface area contributed by atoms with E-state index >= 15 is 0 Å². The predicted octanol–water partition coefficient (Wildman–Crippen LogP) is 5.63. The first-order valence-corrected chi connectivity index (χ1v) is 11.1. The van der Waals surface area contributed by atoms with Gasteiger partial charge < -0.3 is 10.2 Å². The molecule has 0 unspecified atom stereocenters. The van der Waals surface area contributed by atoms with Gasteiger partial charge in [-0.2, -0.15) is 0 Å². The maximum atomic E-state index is 13.2. The van der Waals surface area contributed by atoms with Crippen molar-refractivity contribution in [2.45, 2.75) is 45.7 Å². The Morgan fingerprint density at radius 2 is 1.72 bits per heavy atom. The number of benzene rings is 2. The summed E-state index contributed by atoms with van der Waals surface area (Å²) in [5, 5.41) is 3.79. The number of amides is 2. The molecule has 0 heterocycles. The van der Waals surface area contributed by atoms with Crippen LogP contribution in [0.1, 0.15) is 37.8 Å². The first kappa shape index (κ1) is 23.7. The van der Waals surface area contributed by atoms with E-state index in [4.69, 9.17) is 23.2 Å². The Bertz CT molecular complexity index is 823. The molecule has 0 fully saturated rings. The maximum Gasteiger partial charge on any atom is 0.242 e. The largest absolute Gasteiger partial charge is 0.354 e. The van der Waals surface area contributed by atoms with Gasteiger partial charge in [0.1, 0.15) is 6.04 Å². The van der Waals surface area contributed by atoms with Gasteiger partial charge in [-0.05, 0) is 48.7 Å². The van der Waals surface area contributed by atoms with Gasteiger partial charge in [-0.3, -0.25) is 9.59 Å². The molecule has 1 N–H and O–H groups in total. The van der Waals surface area contributed by atoms with Crippen LogP contribution < -0.4 is 5.32 Å². The van der Waals surface area contributed by atoms with Gasteiger partial charge in [-0.25, -0.2) is 0 Å². The van der Waals surface area contributed by atoms with Crippen molar-refractivity contribution in [3.8, 4) is 0 Å². The lowest BCUT2D eigenvalue weighted by Gasteiger charge is -2.29. The molecular formula is C22H25BrCl2N2O2. The second-order valence-electron chi connectivity index (χ2n) is 6.85. The maximum absolute atomic E-state index is 13.2. The van der Waals surface area contributed by atoms with Crippen LogP contribution >= 0.6 is 39.1 Å². The second kappa shape index (κ2) is 11.6. The smallest absolute Gasteiger partial charge is 0.242 e. The van der Waals surface area contributed by atoms with Crippen molar-refractivity contribution < 1.29 is 9.59 Å². The molecular weight excluding hydrogens is 475 g/mol. The fourth-order valence-corrected chi connectivity index (χ4v) is 3.65. The lowest BCUT2D eigenvalue weighted by atomic mass is 10.1. The summed E-state index contributed by atoms with van der Waals surface area (Å²) in [6.07, 6.45) is 1.91. The van der Waals surface area contributed by atoms with Crippen LogP contribution in [0.3, 0.4) is 0 Å². The Morgan fingerprint density at radius 1 is 1.10 bits per heavy atom. The van der Waals surface area contributed by atoms with Gasteiger partial charge in [-0.1, -0.05) is 70.7 Å². The summed E-state index contributed by atoms with van der Waals surface area (Å²) in [5.74, 6) is -0.379. The van der Waals surface area contributed by atoms with Crippen molar-refractivity contribution in [2.75, 3.05) is 6.54 Å². The van der Waals surface area contributed by atoms with E-state index in [2.05, 4.69) is 28.2 Å². The molecule has 0 aliphatic heterocycles. The standard InChI is InChI=1S/C22H25BrCl2N2O2/c1-3-4-12-26-22(29)15(2)27(14-16-8-10-17(23)11-9-16)21(28)13-18-19(24)6-5-7-20(18)25/h5-11,15H,3-4,12-14H2,1-2H3,(H,26,29)/t15-/m1/s1. The third-order valence-corrected chi connectivity index (χ3v) is 5.89. The molecule has 0 saturated carbocycles. The average molecular weight is 500 g/mol. The zero-order valence-electron chi connectivity index (χ0n) is 16.6. The van der Waals surface area contributed by atoms with Gasteiger partial charge in [-0.15, -0.1) is 0 Å². The van der Waals surface area contributed by atoms with E-state index in [9.17, 15) is 9.59 Å². The molecule has 4 nitrogen and oxygen atoms in total. The molecule has 2 aromatic carbocycles. The molecule has 2 amide bonds. The molecule has 2 rings (SSSR count). The Morgan fingerprint density at radius 3 is 2.31 bits per heavy atom. The van der Waals surface area contributed by atoms with Crippen molar-refractivity contribution in [3.05, 3.63) is 68.1 Å². The Hall–Kier alpha value is -1.56. The van der Waals surface area contributed by atoms with E-state index < -0.39 is 6.04 Å². The third kappa shape index (κ3) is 7.02. The highest BCUT2D eigenvalue weighted by molar-refractivity contribution is 9.10. The number of halogens is 3.